The average Bonchev–Trinajstić information content (AvgIpc) is 3.13. The summed E-state index contributed by atoms with van der Waals surface area (Å²) in [6.07, 6.45) is 1.55. The van der Waals surface area contributed by atoms with Crippen LogP contribution in [0.4, 0.5) is 0 Å². The fraction of sp³-hybridized carbons (Fsp3) is 0.308. The highest BCUT2D eigenvalue weighted by molar-refractivity contribution is 7.13. The third-order valence-electron chi connectivity index (χ3n) is 2.67. The molecule has 2 rings (SSSR count). The summed E-state index contributed by atoms with van der Waals surface area (Å²) < 4.78 is 9.80. The van der Waals surface area contributed by atoms with E-state index in [0.29, 0.717) is 23.0 Å². The summed E-state index contributed by atoms with van der Waals surface area (Å²) in [6.45, 7) is 2.11. The van der Waals surface area contributed by atoms with E-state index in [1.807, 2.05) is 0 Å². The second-order valence-corrected chi connectivity index (χ2v) is 4.77. The van der Waals surface area contributed by atoms with Crippen LogP contribution in [0.25, 0.3) is 10.8 Å². The second-order valence-electron chi connectivity index (χ2n) is 3.91. The van der Waals surface area contributed by atoms with Crippen LogP contribution in [-0.2, 0) is 9.53 Å². The second kappa shape index (κ2) is 6.33. The number of hydrogen-bond acceptors (Lipinski definition) is 6. The minimum atomic E-state index is -0.457. The van der Waals surface area contributed by atoms with Crippen LogP contribution in [0.1, 0.15) is 17.4 Å². The number of carbonyl (C=O) groups excluding carboxylic acids is 2. The Hall–Kier alpha value is -2.15. The molecular weight excluding hydrogens is 280 g/mol. The Kier molecular flexibility index (Phi) is 4.52. The highest BCUT2D eigenvalue weighted by atomic mass is 32.1. The van der Waals surface area contributed by atoms with Crippen molar-refractivity contribution in [2.45, 2.75) is 6.92 Å². The molecule has 2 heterocycles. The Balaban J connectivity index is 2.14. The van der Waals surface area contributed by atoms with Gasteiger partial charge in [0.05, 0.1) is 13.4 Å². The molecule has 6 nitrogen and oxygen atoms in total. The third-order valence-corrected chi connectivity index (χ3v) is 3.53. The Labute approximate surface area is 120 Å². The molecule has 0 aliphatic rings. The smallest absolute Gasteiger partial charge is 0.325 e. The van der Waals surface area contributed by atoms with Gasteiger partial charge in [-0.2, -0.15) is 0 Å². The molecule has 0 spiro atoms. The van der Waals surface area contributed by atoms with Crippen LogP contribution in [0.3, 0.4) is 0 Å². The Morgan fingerprint density at radius 2 is 2.30 bits per heavy atom. The number of nitrogens with zero attached hydrogens (tertiary/aromatic N) is 2. The van der Waals surface area contributed by atoms with Gasteiger partial charge in [0.2, 0.25) is 0 Å². The molecule has 7 heteroatoms. The number of aromatic nitrogens is 1. The summed E-state index contributed by atoms with van der Waals surface area (Å²) in [6, 6.07) is 3.53. The first-order chi connectivity index (χ1) is 9.65. The van der Waals surface area contributed by atoms with Crippen LogP contribution in [-0.4, -0.2) is 42.0 Å². The number of likely N-dealkylation sites (N-methyl/N-ethyl adjacent to an activating group) is 1. The molecule has 0 N–H and O–H groups in total. The van der Waals surface area contributed by atoms with Gasteiger partial charge in [-0.15, -0.1) is 11.3 Å². The molecule has 106 valence electrons. The number of ether oxygens (including phenoxy) is 1. The van der Waals surface area contributed by atoms with E-state index in [4.69, 9.17) is 4.42 Å². The fourth-order valence-corrected chi connectivity index (χ4v) is 2.36. The number of methoxy groups -OCH3 is 1. The molecule has 0 saturated heterocycles. The standard InChI is InChI=1S/C13H14N2O4S/c1-3-15(7-11(16)18-2)13(17)9-8-20-12(14-9)10-5-4-6-19-10/h4-6,8H,3,7H2,1-2H3. The van der Waals surface area contributed by atoms with E-state index in [1.165, 1.54) is 23.3 Å². The molecule has 0 unspecified atom stereocenters. The van der Waals surface area contributed by atoms with Crippen molar-refractivity contribution in [3.8, 4) is 10.8 Å². The van der Waals surface area contributed by atoms with E-state index in [2.05, 4.69) is 9.72 Å². The average molecular weight is 294 g/mol. The minimum absolute atomic E-state index is 0.0839. The molecule has 0 radical (unpaired) electrons. The van der Waals surface area contributed by atoms with Gasteiger partial charge in [-0.3, -0.25) is 9.59 Å². The van der Waals surface area contributed by atoms with E-state index in [0.717, 1.165) is 0 Å². The summed E-state index contributed by atoms with van der Waals surface area (Å²) in [5.74, 6) is -0.140. The lowest BCUT2D eigenvalue weighted by Gasteiger charge is -2.17. The number of rotatable bonds is 5. The van der Waals surface area contributed by atoms with Gasteiger partial charge < -0.3 is 14.1 Å². The van der Waals surface area contributed by atoms with Gasteiger partial charge in [-0.1, -0.05) is 0 Å². The zero-order valence-electron chi connectivity index (χ0n) is 11.2. The maximum atomic E-state index is 12.2. The number of furan rings is 1. The van der Waals surface area contributed by atoms with E-state index < -0.39 is 5.97 Å². The minimum Gasteiger partial charge on any atom is -0.468 e. The van der Waals surface area contributed by atoms with Crippen LogP contribution in [0.5, 0.6) is 0 Å². The van der Waals surface area contributed by atoms with Gasteiger partial charge in [0.25, 0.3) is 5.91 Å². The molecule has 0 atom stereocenters. The summed E-state index contributed by atoms with van der Waals surface area (Å²) in [7, 11) is 1.29. The number of thiazole rings is 1. The normalized spacial score (nSPS) is 10.3. The van der Waals surface area contributed by atoms with E-state index >= 15 is 0 Å². The van der Waals surface area contributed by atoms with Crippen molar-refractivity contribution in [3.05, 3.63) is 29.5 Å². The topological polar surface area (TPSA) is 72.6 Å². The van der Waals surface area contributed by atoms with Crippen molar-refractivity contribution in [1.29, 1.82) is 0 Å². The lowest BCUT2D eigenvalue weighted by molar-refractivity contribution is -0.141. The lowest BCUT2D eigenvalue weighted by Crippen LogP contribution is -2.36. The number of amides is 1. The third kappa shape index (κ3) is 3.05. The monoisotopic (exact) mass is 294 g/mol. The van der Waals surface area contributed by atoms with Crippen LogP contribution >= 0.6 is 11.3 Å². The number of esters is 1. The van der Waals surface area contributed by atoms with Crippen molar-refractivity contribution in [1.82, 2.24) is 9.88 Å². The van der Waals surface area contributed by atoms with Crippen molar-refractivity contribution in [3.63, 3.8) is 0 Å². The first-order valence-electron chi connectivity index (χ1n) is 6.01. The van der Waals surface area contributed by atoms with Crippen LogP contribution in [0.15, 0.2) is 28.2 Å². The molecule has 2 aromatic heterocycles. The maximum absolute atomic E-state index is 12.2. The predicted octanol–water partition coefficient (Wildman–Crippen LogP) is 2.04. The van der Waals surface area contributed by atoms with Gasteiger partial charge >= 0.3 is 5.97 Å². The fourth-order valence-electron chi connectivity index (χ4n) is 1.59. The van der Waals surface area contributed by atoms with Gasteiger partial charge in [-0.05, 0) is 19.1 Å². The summed E-state index contributed by atoms with van der Waals surface area (Å²) >= 11 is 1.32. The molecule has 2 aromatic rings. The van der Waals surface area contributed by atoms with Gasteiger partial charge in [0.1, 0.15) is 12.2 Å². The highest BCUT2D eigenvalue weighted by Gasteiger charge is 2.21. The van der Waals surface area contributed by atoms with Gasteiger partial charge in [-0.25, -0.2) is 4.98 Å². The van der Waals surface area contributed by atoms with E-state index in [1.54, 1.807) is 30.7 Å². The lowest BCUT2D eigenvalue weighted by atomic mass is 10.3. The van der Waals surface area contributed by atoms with Crippen molar-refractivity contribution < 1.29 is 18.7 Å². The van der Waals surface area contributed by atoms with Crippen LogP contribution < -0.4 is 0 Å². The zero-order valence-corrected chi connectivity index (χ0v) is 12.0. The largest absolute Gasteiger partial charge is 0.468 e. The molecule has 0 aliphatic carbocycles. The maximum Gasteiger partial charge on any atom is 0.325 e. The van der Waals surface area contributed by atoms with Gasteiger partial charge in [0, 0.05) is 11.9 Å². The highest BCUT2D eigenvalue weighted by Crippen LogP contribution is 2.24. The summed E-state index contributed by atoms with van der Waals surface area (Å²) in [4.78, 5) is 29.1. The molecule has 20 heavy (non-hydrogen) atoms. The van der Waals surface area contributed by atoms with Crippen LogP contribution in [0.2, 0.25) is 0 Å². The number of carbonyl (C=O) groups is 2. The molecule has 0 aromatic carbocycles. The Bertz CT molecular complexity index is 591. The Morgan fingerprint density at radius 1 is 1.50 bits per heavy atom. The molecule has 1 amide bonds. The molecule has 0 fully saturated rings. The summed E-state index contributed by atoms with van der Waals surface area (Å²) in [5.41, 5.74) is 0.298. The molecule has 0 aliphatic heterocycles. The van der Waals surface area contributed by atoms with E-state index in [9.17, 15) is 9.59 Å². The van der Waals surface area contributed by atoms with Gasteiger partial charge in [0.15, 0.2) is 10.8 Å². The number of hydrogen-bond donors (Lipinski definition) is 0. The predicted molar refractivity (Wildman–Crippen MR) is 73.4 cm³/mol. The van der Waals surface area contributed by atoms with Crippen LogP contribution in [0, 0.1) is 0 Å². The van der Waals surface area contributed by atoms with E-state index in [-0.39, 0.29) is 12.5 Å². The van der Waals surface area contributed by atoms with Crippen molar-refractivity contribution in [2.24, 2.45) is 0 Å². The quantitative estimate of drug-likeness (QED) is 0.789. The summed E-state index contributed by atoms with van der Waals surface area (Å²) in [5, 5.41) is 2.28. The molecule has 0 saturated carbocycles. The van der Waals surface area contributed by atoms with Crippen molar-refractivity contribution in [2.75, 3.05) is 20.2 Å². The first-order valence-corrected chi connectivity index (χ1v) is 6.89. The Morgan fingerprint density at radius 3 is 2.90 bits per heavy atom. The molecule has 0 bridgehead atoms. The first kappa shape index (κ1) is 14.3. The zero-order chi connectivity index (χ0) is 14.5. The van der Waals surface area contributed by atoms with Crippen molar-refractivity contribution >= 4 is 23.2 Å². The molecular formula is C13H14N2O4S. The SMILES string of the molecule is CCN(CC(=O)OC)C(=O)c1csc(-c2ccco2)n1.